The Morgan fingerprint density at radius 1 is 0.631 bits per heavy atom. The highest BCUT2D eigenvalue weighted by Crippen LogP contribution is 2.44. The van der Waals surface area contributed by atoms with E-state index in [0.29, 0.717) is 11.1 Å². The van der Waals surface area contributed by atoms with Crippen molar-refractivity contribution in [1.82, 2.24) is 15.7 Å². The van der Waals surface area contributed by atoms with Crippen molar-refractivity contribution in [3.8, 4) is 5.75 Å². The summed E-state index contributed by atoms with van der Waals surface area (Å²) in [6, 6.07) is 55.9. The van der Waals surface area contributed by atoms with Gasteiger partial charge in [-0.05, 0) is 88.7 Å². The first-order valence-corrected chi connectivity index (χ1v) is 34.1. The van der Waals surface area contributed by atoms with Crippen LogP contribution < -0.4 is 25.7 Å². The number of alkyl carbamates (subject to hydrolysis) is 1. The van der Waals surface area contributed by atoms with Gasteiger partial charge >= 0.3 is 18.0 Å². The van der Waals surface area contributed by atoms with Crippen LogP contribution in [0.4, 0.5) is 4.79 Å². The van der Waals surface area contributed by atoms with Crippen molar-refractivity contribution in [2.75, 3.05) is 6.61 Å². The normalized spacial score (nSPS) is 16.6. The molecule has 18 heteroatoms. The van der Waals surface area contributed by atoms with Gasteiger partial charge in [0, 0.05) is 11.6 Å². The molecule has 1 heterocycles. The summed E-state index contributed by atoms with van der Waals surface area (Å²) in [6.45, 7) is 11.8. The molecule has 440 valence electrons. The molecule has 0 bridgehead atoms. The number of hydrogen-bond acceptors (Lipinski definition) is 12. The number of carbonyl (C=O) groups excluding carboxylic acids is 4. The Balaban J connectivity index is 1.20. The standard InChI is InChI=1S/C66H73Cl2N3O11Si2/c1-65(2,3)84(53-33-21-11-22-34-53,54-35-23-12-24-36-54)81-46-58(70-64(75)80-45-50-31-19-10-20-32-50)60(82-83(4,5)6)66(63(74)79-44-49-29-17-9-18-30-49)38-37-52(71(66)76)41-57(62(73)78-43-48-27-15-8-16-28-48)69-61(72)51-39-55(67)59(56(68)40-51)77-42-47-25-13-7-14-26-47/h7-36,39-40,52,57-58,60,76H,37-38,41-46H2,1-6H3,(H,69,72)(H,70,75)/t52-,57+,58+,60+,66-/m1/s1. The second-order valence-corrected chi connectivity index (χ2v) is 32.4. The predicted octanol–water partition coefficient (Wildman–Crippen LogP) is 12.2. The number of ether oxygens (including phenoxy) is 4. The summed E-state index contributed by atoms with van der Waals surface area (Å²) in [5.41, 5.74) is 0.891. The molecule has 7 aromatic carbocycles. The van der Waals surface area contributed by atoms with Gasteiger partial charge < -0.3 is 43.6 Å². The highest BCUT2D eigenvalue weighted by molar-refractivity contribution is 6.99. The molecule has 0 unspecified atom stereocenters. The Labute approximate surface area is 504 Å². The molecule has 0 spiro atoms. The van der Waals surface area contributed by atoms with Gasteiger partial charge in [0.2, 0.25) is 0 Å². The summed E-state index contributed by atoms with van der Waals surface area (Å²) >= 11 is 13.5. The number of amides is 2. The molecule has 0 saturated carbocycles. The molecule has 1 saturated heterocycles. The summed E-state index contributed by atoms with van der Waals surface area (Å²) in [6.07, 6.45) is -2.56. The molecule has 1 aliphatic heterocycles. The molecule has 1 fully saturated rings. The lowest BCUT2D eigenvalue weighted by Crippen LogP contribution is -2.71. The van der Waals surface area contributed by atoms with Crippen LogP contribution in [0.5, 0.6) is 5.75 Å². The number of esters is 2. The van der Waals surface area contributed by atoms with Gasteiger partial charge in [0.1, 0.15) is 32.5 Å². The molecule has 0 aliphatic carbocycles. The first-order valence-electron chi connectivity index (χ1n) is 28.0. The molecular formula is C66H73Cl2N3O11Si2. The fraction of sp³-hybridized carbons (Fsp3) is 0.303. The topological polar surface area (TPSA) is 171 Å². The maximum absolute atomic E-state index is 15.7. The highest BCUT2D eigenvalue weighted by Gasteiger charge is 2.62. The van der Waals surface area contributed by atoms with Crippen LogP contribution in [-0.2, 0) is 59.1 Å². The lowest BCUT2D eigenvalue weighted by Gasteiger charge is -2.48. The summed E-state index contributed by atoms with van der Waals surface area (Å²) < 4.78 is 38.9. The van der Waals surface area contributed by atoms with Crippen molar-refractivity contribution >= 4 is 74.1 Å². The maximum atomic E-state index is 15.7. The number of hydroxylamine groups is 2. The lowest BCUT2D eigenvalue weighted by atomic mass is 9.85. The zero-order valence-electron chi connectivity index (χ0n) is 48.2. The molecule has 84 heavy (non-hydrogen) atoms. The van der Waals surface area contributed by atoms with Gasteiger partial charge in [0.05, 0.1) is 28.8 Å². The number of nitrogens with one attached hydrogen (secondary N) is 2. The predicted molar refractivity (Wildman–Crippen MR) is 330 cm³/mol. The van der Waals surface area contributed by atoms with Crippen LogP contribution in [0.1, 0.15) is 72.6 Å². The van der Waals surface area contributed by atoms with E-state index < -0.39 is 75.4 Å². The van der Waals surface area contributed by atoms with Crippen molar-refractivity contribution in [3.05, 3.63) is 232 Å². The van der Waals surface area contributed by atoms with Gasteiger partial charge in [-0.2, -0.15) is 5.06 Å². The number of nitrogens with zero attached hydrogens (tertiary/aromatic N) is 1. The molecule has 2 amide bonds. The Bertz CT molecular complexity index is 3210. The van der Waals surface area contributed by atoms with Crippen molar-refractivity contribution in [2.24, 2.45) is 0 Å². The maximum Gasteiger partial charge on any atom is 0.407 e. The van der Waals surface area contributed by atoms with E-state index in [-0.39, 0.29) is 73.7 Å². The van der Waals surface area contributed by atoms with Gasteiger partial charge in [0.15, 0.2) is 19.6 Å². The zero-order valence-corrected chi connectivity index (χ0v) is 51.7. The van der Waals surface area contributed by atoms with Gasteiger partial charge in [-0.15, -0.1) is 0 Å². The second-order valence-electron chi connectivity index (χ2n) is 22.9. The van der Waals surface area contributed by atoms with E-state index in [9.17, 15) is 19.6 Å². The minimum atomic E-state index is -3.40. The van der Waals surface area contributed by atoms with E-state index in [1.807, 2.05) is 165 Å². The van der Waals surface area contributed by atoms with Crippen LogP contribution in [0.2, 0.25) is 34.7 Å². The summed E-state index contributed by atoms with van der Waals surface area (Å²) in [5.74, 6) is -2.25. The van der Waals surface area contributed by atoms with E-state index in [0.717, 1.165) is 26.6 Å². The number of benzene rings is 7. The Morgan fingerprint density at radius 2 is 1.07 bits per heavy atom. The zero-order chi connectivity index (χ0) is 59.9. The fourth-order valence-corrected chi connectivity index (χ4v) is 17.0. The monoisotopic (exact) mass is 1210 g/mol. The molecule has 0 radical (unpaired) electrons. The van der Waals surface area contributed by atoms with Crippen LogP contribution in [0.25, 0.3) is 0 Å². The Morgan fingerprint density at radius 3 is 1.54 bits per heavy atom. The first-order chi connectivity index (χ1) is 40.3. The molecule has 3 N–H and O–H groups in total. The van der Waals surface area contributed by atoms with Crippen molar-refractivity contribution in [1.29, 1.82) is 0 Å². The van der Waals surface area contributed by atoms with Gasteiger partial charge in [-0.3, -0.25) is 4.79 Å². The van der Waals surface area contributed by atoms with E-state index in [4.69, 9.17) is 51.0 Å². The molecule has 8 rings (SSSR count). The van der Waals surface area contributed by atoms with Crippen LogP contribution in [-0.4, -0.2) is 87.2 Å². The number of hydrogen-bond donors (Lipinski definition) is 3. The highest BCUT2D eigenvalue weighted by atomic mass is 35.5. The summed E-state index contributed by atoms with van der Waals surface area (Å²) in [4.78, 5) is 59.3. The van der Waals surface area contributed by atoms with Crippen molar-refractivity contribution in [3.63, 3.8) is 0 Å². The van der Waals surface area contributed by atoms with E-state index in [2.05, 4.69) is 55.7 Å². The third kappa shape index (κ3) is 15.8. The number of carbonyl (C=O) groups is 4. The first kappa shape index (κ1) is 62.9. The molecule has 5 atom stereocenters. The smallest absolute Gasteiger partial charge is 0.407 e. The summed E-state index contributed by atoms with van der Waals surface area (Å²) in [7, 11) is -6.28. The van der Waals surface area contributed by atoms with Crippen molar-refractivity contribution in [2.45, 2.75) is 121 Å². The summed E-state index contributed by atoms with van der Waals surface area (Å²) in [5, 5.41) is 21.6. The largest absolute Gasteiger partial charge is 0.486 e. The minimum absolute atomic E-state index is 0.0154. The van der Waals surface area contributed by atoms with E-state index in [1.54, 1.807) is 12.1 Å². The third-order valence-electron chi connectivity index (χ3n) is 14.7. The Kier molecular flexibility index (Phi) is 21.4. The fourth-order valence-electron chi connectivity index (χ4n) is 10.7. The quantitative estimate of drug-likeness (QED) is 0.0281. The van der Waals surface area contributed by atoms with Crippen LogP contribution in [0.3, 0.4) is 0 Å². The second kappa shape index (κ2) is 28.6. The van der Waals surface area contributed by atoms with E-state index in [1.165, 1.54) is 12.1 Å². The number of rotatable bonds is 25. The lowest BCUT2D eigenvalue weighted by molar-refractivity contribution is -0.225. The average Bonchev–Trinajstić information content (AvgIpc) is 2.56. The van der Waals surface area contributed by atoms with Gasteiger partial charge in [0.25, 0.3) is 14.2 Å². The van der Waals surface area contributed by atoms with E-state index >= 15 is 4.79 Å². The number of halogens is 2. The minimum Gasteiger partial charge on any atom is -0.486 e. The van der Waals surface area contributed by atoms with Gasteiger partial charge in [-0.1, -0.05) is 226 Å². The van der Waals surface area contributed by atoms with Gasteiger partial charge in [-0.25, -0.2) is 14.4 Å². The molecular weight excluding hydrogens is 1140 g/mol. The van der Waals surface area contributed by atoms with Crippen LogP contribution in [0.15, 0.2) is 194 Å². The molecule has 14 nitrogen and oxygen atoms in total. The van der Waals surface area contributed by atoms with Crippen LogP contribution in [0, 0.1) is 0 Å². The van der Waals surface area contributed by atoms with Crippen molar-refractivity contribution < 1.29 is 52.2 Å². The third-order valence-corrected chi connectivity index (χ3v) is 21.2. The SMILES string of the molecule is CC(C)(C)[Si](OC[C@H](NC(=O)OCc1ccccc1)[C@H](O[Si](C)(C)C)[C@@]1(C(=O)OCc2ccccc2)CC[C@H](C[C@H](NC(=O)c2cc(Cl)c(OCc3ccccc3)c(Cl)c2)C(=O)OCc2ccccc2)N1O)(c1ccccc1)c1ccccc1. The molecule has 1 aliphatic rings. The Hall–Kier alpha value is -7.13. The average molecular weight is 1210 g/mol. The molecule has 7 aromatic rings. The molecule has 0 aromatic heterocycles. The van der Waals surface area contributed by atoms with Crippen LogP contribution >= 0.6 is 23.2 Å².